The lowest BCUT2D eigenvalue weighted by atomic mass is 10.2. The lowest BCUT2D eigenvalue weighted by Gasteiger charge is -2.35. The van der Waals surface area contributed by atoms with Crippen LogP contribution in [0.15, 0.2) is 40.9 Å². The molecule has 1 aliphatic rings. The summed E-state index contributed by atoms with van der Waals surface area (Å²) in [6.45, 7) is 4.96. The third kappa shape index (κ3) is 3.93. The van der Waals surface area contributed by atoms with Crippen LogP contribution in [0.3, 0.4) is 0 Å². The summed E-state index contributed by atoms with van der Waals surface area (Å²) in [7, 11) is 0. The number of rotatable bonds is 3. The molecule has 0 atom stereocenters. The molecule has 1 aliphatic heterocycles. The maximum absolute atomic E-state index is 5.77. The van der Waals surface area contributed by atoms with Gasteiger partial charge in [0.1, 0.15) is 0 Å². The first-order valence-electron chi connectivity index (χ1n) is 6.92. The van der Waals surface area contributed by atoms with Crippen LogP contribution in [0.4, 0.5) is 5.82 Å². The number of benzene rings is 1. The molecule has 1 aromatic heterocycles. The third-order valence-electron chi connectivity index (χ3n) is 3.61. The molecule has 4 nitrogen and oxygen atoms in total. The highest BCUT2D eigenvalue weighted by molar-refractivity contribution is 9.10. The fourth-order valence-electron chi connectivity index (χ4n) is 2.51. The van der Waals surface area contributed by atoms with Gasteiger partial charge >= 0.3 is 0 Å². The summed E-state index contributed by atoms with van der Waals surface area (Å²) in [5, 5.41) is 8.48. The van der Waals surface area contributed by atoms with Crippen molar-refractivity contribution in [3.63, 3.8) is 0 Å². The number of nitrogens with zero attached hydrogens (tertiary/aromatic N) is 4. The van der Waals surface area contributed by atoms with Crippen molar-refractivity contribution >= 4 is 33.3 Å². The van der Waals surface area contributed by atoms with Crippen LogP contribution in [0.1, 0.15) is 5.56 Å². The molecule has 0 radical (unpaired) electrons. The molecule has 2 aromatic rings. The topological polar surface area (TPSA) is 32.3 Å². The zero-order valence-corrected chi connectivity index (χ0v) is 13.9. The van der Waals surface area contributed by atoms with Gasteiger partial charge in [-0.3, -0.25) is 4.90 Å². The Kier molecular flexibility index (Phi) is 4.73. The van der Waals surface area contributed by atoms with Crippen molar-refractivity contribution in [3.05, 3.63) is 51.6 Å². The van der Waals surface area contributed by atoms with Crippen LogP contribution in [0.5, 0.6) is 0 Å². The fraction of sp³-hybridized carbons (Fsp3) is 0.333. The fourth-order valence-corrected chi connectivity index (χ4v) is 3.05. The molecule has 0 saturated carbocycles. The van der Waals surface area contributed by atoms with E-state index in [1.54, 1.807) is 6.07 Å². The van der Waals surface area contributed by atoms with E-state index in [9.17, 15) is 0 Å². The lowest BCUT2D eigenvalue weighted by Crippen LogP contribution is -2.46. The summed E-state index contributed by atoms with van der Waals surface area (Å²) in [5.41, 5.74) is 1.34. The molecular formula is C15H16BrClN4. The minimum atomic E-state index is 0.437. The van der Waals surface area contributed by atoms with E-state index in [0.29, 0.717) is 5.15 Å². The van der Waals surface area contributed by atoms with Gasteiger partial charge in [-0.25, -0.2) is 0 Å². The van der Waals surface area contributed by atoms with E-state index in [1.165, 1.54) is 5.56 Å². The second-order valence-corrected chi connectivity index (χ2v) is 6.41. The predicted molar refractivity (Wildman–Crippen MR) is 88.7 cm³/mol. The van der Waals surface area contributed by atoms with Gasteiger partial charge in [0.15, 0.2) is 11.0 Å². The van der Waals surface area contributed by atoms with Gasteiger partial charge in [-0.05, 0) is 29.8 Å². The van der Waals surface area contributed by atoms with E-state index in [2.05, 4.69) is 60.2 Å². The minimum absolute atomic E-state index is 0.437. The highest BCUT2D eigenvalue weighted by Gasteiger charge is 2.18. The van der Waals surface area contributed by atoms with Crippen LogP contribution in [0.2, 0.25) is 5.15 Å². The largest absolute Gasteiger partial charge is 0.353 e. The van der Waals surface area contributed by atoms with Crippen molar-refractivity contribution < 1.29 is 0 Å². The van der Waals surface area contributed by atoms with Crippen LogP contribution < -0.4 is 4.90 Å². The van der Waals surface area contributed by atoms with Crippen LogP contribution in [0, 0.1) is 0 Å². The standard InChI is InChI=1S/C15H16BrClN4/c16-13-3-1-2-12(10-13)11-20-6-8-21(9-7-20)15-5-4-14(17)18-19-15/h1-5,10H,6-9,11H2. The van der Waals surface area contributed by atoms with Gasteiger partial charge in [-0.15, -0.1) is 10.2 Å². The van der Waals surface area contributed by atoms with Gasteiger partial charge in [0.25, 0.3) is 0 Å². The van der Waals surface area contributed by atoms with Gasteiger partial charge in [0.05, 0.1) is 0 Å². The zero-order chi connectivity index (χ0) is 14.7. The van der Waals surface area contributed by atoms with E-state index in [-0.39, 0.29) is 0 Å². The van der Waals surface area contributed by atoms with Gasteiger partial charge in [0, 0.05) is 37.2 Å². The normalized spacial score (nSPS) is 16.2. The van der Waals surface area contributed by atoms with E-state index >= 15 is 0 Å². The smallest absolute Gasteiger partial charge is 0.151 e. The summed E-state index contributed by atoms with van der Waals surface area (Å²) < 4.78 is 1.13. The Bertz CT molecular complexity index is 597. The summed E-state index contributed by atoms with van der Waals surface area (Å²) in [6.07, 6.45) is 0. The highest BCUT2D eigenvalue weighted by Crippen LogP contribution is 2.17. The Balaban J connectivity index is 1.56. The van der Waals surface area contributed by atoms with Crippen LogP contribution in [-0.4, -0.2) is 41.3 Å². The predicted octanol–water partition coefficient (Wildman–Crippen LogP) is 3.21. The van der Waals surface area contributed by atoms with Crippen LogP contribution in [-0.2, 0) is 6.54 Å². The third-order valence-corrected chi connectivity index (χ3v) is 4.30. The number of piperazine rings is 1. The van der Waals surface area contributed by atoms with E-state index in [4.69, 9.17) is 11.6 Å². The highest BCUT2D eigenvalue weighted by atomic mass is 79.9. The van der Waals surface area contributed by atoms with Crippen molar-refractivity contribution in [2.45, 2.75) is 6.54 Å². The molecule has 2 heterocycles. The zero-order valence-electron chi connectivity index (χ0n) is 11.5. The molecule has 0 aliphatic carbocycles. The molecule has 110 valence electrons. The Morgan fingerprint density at radius 2 is 1.86 bits per heavy atom. The summed E-state index contributed by atoms with van der Waals surface area (Å²) in [4.78, 5) is 4.71. The quantitative estimate of drug-likeness (QED) is 0.834. The van der Waals surface area contributed by atoms with Gasteiger partial charge in [0.2, 0.25) is 0 Å². The molecule has 1 fully saturated rings. The summed E-state index contributed by atoms with van der Waals surface area (Å²) in [6, 6.07) is 12.2. The van der Waals surface area contributed by atoms with E-state index in [1.807, 2.05) is 6.07 Å². The molecule has 0 bridgehead atoms. The Hall–Kier alpha value is -1.17. The Morgan fingerprint density at radius 3 is 2.52 bits per heavy atom. The average Bonchev–Trinajstić information content (AvgIpc) is 2.49. The number of anilines is 1. The molecule has 0 spiro atoms. The van der Waals surface area contributed by atoms with Crippen molar-refractivity contribution in [2.24, 2.45) is 0 Å². The van der Waals surface area contributed by atoms with E-state index < -0.39 is 0 Å². The number of hydrogen-bond acceptors (Lipinski definition) is 4. The average molecular weight is 368 g/mol. The lowest BCUT2D eigenvalue weighted by molar-refractivity contribution is 0.249. The molecule has 6 heteroatoms. The van der Waals surface area contributed by atoms with Gasteiger partial charge < -0.3 is 4.90 Å². The maximum atomic E-state index is 5.77. The van der Waals surface area contributed by atoms with Crippen molar-refractivity contribution in [1.29, 1.82) is 0 Å². The Morgan fingerprint density at radius 1 is 1.05 bits per heavy atom. The second kappa shape index (κ2) is 6.73. The number of halogens is 2. The first-order chi connectivity index (χ1) is 10.2. The molecule has 0 unspecified atom stereocenters. The SMILES string of the molecule is Clc1ccc(N2CCN(Cc3cccc(Br)c3)CC2)nn1. The van der Waals surface area contributed by atoms with Gasteiger partial charge in [-0.2, -0.15) is 0 Å². The first kappa shape index (κ1) is 14.8. The second-order valence-electron chi connectivity index (χ2n) is 5.11. The van der Waals surface area contributed by atoms with Crippen molar-refractivity contribution in [2.75, 3.05) is 31.1 Å². The first-order valence-corrected chi connectivity index (χ1v) is 8.09. The minimum Gasteiger partial charge on any atom is -0.353 e. The van der Waals surface area contributed by atoms with Gasteiger partial charge in [-0.1, -0.05) is 39.7 Å². The van der Waals surface area contributed by atoms with Crippen LogP contribution in [0.25, 0.3) is 0 Å². The number of aromatic nitrogens is 2. The molecule has 3 rings (SSSR count). The van der Waals surface area contributed by atoms with Crippen LogP contribution >= 0.6 is 27.5 Å². The van der Waals surface area contributed by atoms with Crippen molar-refractivity contribution in [1.82, 2.24) is 15.1 Å². The molecule has 0 N–H and O–H groups in total. The number of hydrogen-bond donors (Lipinski definition) is 0. The molecule has 0 amide bonds. The maximum Gasteiger partial charge on any atom is 0.151 e. The summed E-state index contributed by atoms with van der Waals surface area (Å²) in [5.74, 6) is 0.904. The molecular weight excluding hydrogens is 352 g/mol. The Labute approximate surface area is 137 Å². The molecule has 1 saturated heterocycles. The molecule has 1 aromatic carbocycles. The molecule has 21 heavy (non-hydrogen) atoms. The summed E-state index contributed by atoms with van der Waals surface area (Å²) >= 11 is 9.29. The van der Waals surface area contributed by atoms with Crippen molar-refractivity contribution in [3.8, 4) is 0 Å². The monoisotopic (exact) mass is 366 g/mol. The van der Waals surface area contributed by atoms with E-state index in [0.717, 1.165) is 43.0 Å².